The summed E-state index contributed by atoms with van der Waals surface area (Å²) >= 11 is 0. The molecule has 44 heavy (non-hydrogen) atoms. The van der Waals surface area contributed by atoms with Gasteiger partial charge in [0.15, 0.2) is 5.78 Å². The molecule has 4 nitrogen and oxygen atoms in total. The van der Waals surface area contributed by atoms with E-state index in [1.165, 1.54) is 6.08 Å². The van der Waals surface area contributed by atoms with Crippen molar-refractivity contribution >= 4 is 27.3 Å². The molecule has 4 aromatic rings. The van der Waals surface area contributed by atoms with Crippen LogP contribution in [0.25, 0.3) is 32.8 Å². The topological polar surface area (TPSA) is 63.1 Å². The molecule has 1 aliphatic carbocycles. The van der Waals surface area contributed by atoms with Gasteiger partial charge in [0.1, 0.15) is 0 Å². The van der Waals surface area contributed by atoms with E-state index < -0.39 is 11.8 Å². The second-order valence-electron chi connectivity index (χ2n) is 13.3. The van der Waals surface area contributed by atoms with Gasteiger partial charge in [0.05, 0.1) is 5.76 Å². The zero-order chi connectivity index (χ0) is 33.3. The molecule has 1 N–H and O–H groups in total. The molecule has 0 aliphatic heterocycles. The number of hydrogen-bond donors (Lipinski definition) is 1. The summed E-state index contributed by atoms with van der Waals surface area (Å²) in [5.41, 5.74) is 4.13. The normalized spacial score (nSPS) is 14.8. The van der Waals surface area contributed by atoms with E-state index in [0.717, 1.165) is 75.2 Å². The number of rotatable bonds is 8. The first-order chi connectivity index (χ1) is 21.1. The monoisotopic (exact) mass is 772 g/mol. The van der Waals surface area contributed by atoms with Gasteiger partial charge < -0.3 is 5.11 Å². The number of nitrogens with zero attached hydrogens (tertiary/aromatic N) is 2. The fourth-order valence-corrected chi connectivity index (χ4v) is 6.17. The van der Waals surface area contributed by atoms with Crippen molar-refractivity contribution in [1.29, 1.82) is 0 Å². The SMILES string of the molecule is CCC(CC)C(=O)/C=C(\O)C(CC)CC.[2H]C([2H])(c1cc2c3c(nccc3c1)-c1[c-]c3ccncc3cc1C2(C)C)C(C)(C)C.[Ir]. The molecule has 0 unspecified atom stereocenters. The Labute approximate surface area is 281 Å². The van der Waals surface area contributed by atoms with Crippen LogP contribution < -0.4 is 0 Å². The van der Waals surface area contributed by atoms with Gasteiger partial charge in [-0.25, -0.2) is 0 Å². The Balaban J connectivity index is 0.000000309. The van der Waals surface area contributed by atoms with E-state index >= 15 is 0 Å². The van der Waals surface area contributed by atoms with Gasteiger partial charge >= 0.3 is 0 Å². The molecule has 0 saturated carbocycles. The molecule has 237 valence electrons. The number of aliphatic hydroxyl groups is 1. The molecule has 5 rings (SSSR count). The number of allylic oxidation sites excluding steroid dienone is 2. The third kappa shape index (κ3) is 7.49. The number of benzene rings is 2. The van der Waals surface area contributed by atoms with Gasteiger partial charge in [-0.1, -0.05) is 91.0 Å². The summed E-state index contributed by atoms with van der Waals surface area (Å²) in [7, 11) is 0. The first-order valence-electron chi connectivity index (χ1n) is 16.8. The number of aromatic nitrogens is 2. The van der Waals surface area contributed by atoms with E-state index in [1.807, 2.05) is 79.1 Å². The molecular formula is C39H49IrN2O2-. The Morgan fingerprint density at radius 3 is 2.25 bits per heavy atom. The maximum Gasteiger partial charge on any atom is 0.162 e. The summed E-state index contributed by atoms with van der Waals surface area (Å²) in [5, 5.41) is 14.0. The number of ketones is 1. The minimum absolute atomic E-state index is 0. The van der Waals surface area contributed by atoms with Crippen molar-refractivity contribution in [1.82, 2.24) is 9.97 Å². The van der Waals surface area contributed by atoms with Crippen LogP contribution in [0.2, 0.25) is 0 Å². The van der Waals surface area contributed by atoms with Crippen molar-refractivity contribution < 1.29 is 32.7 Å². The van der Waals surface area contributed by atoms with Crippen LogP contribution in [0.4, 0.5) is 0 Å². The Morgan fingerprint density at radius 2 is 1.64 bits per heavy atom. The Hall–Kier alpha value is -2.88. The third-order valence-electron chi connectivity index (χ3n) is 8.73. The zero-order valence-corrected chi connectivity index (χ0v) is 30.2. The summed E-state index contributed by atoms with van der Waals surface area (Å²) < 4.78 is 17.7. The predicted octanol–water partition coefficient (Wildman–Crippen LogP) is 10.3. The van der Waals surface area contributed by atoms with Crippen molar-refractivity contribution in [3.63, 3.8) is 0 Å². The van der Waals surface area contributed by atoms with Crippen LogP contribution in [-0.2, 0) is 36.7 Å². The fraction of sp³-hybridized carbons (Fsp3) is 0.462. The Kier molecular flexibility index (Phi) is 10.7. The van der Waals surface area contributed by atoms with E-state index in [0.29, 0.717) is 0 Å². The van der Waals surface area contributed by atoms with E-state index in [4.69, 9.17) is 7.73 Å². The molecule has 0 spiro atoms. The first-order valence-corrected chi connectivity index (χ1v) is 15.8. The molecule has 0 amide bonds. The number of pyridine rings is 2. The van der Waals surface area contributed by atoms with Gasteiger partial charge in [-0.2, -0.15) is 0 Å². The van der Waals surface area contributed by atoms with Crippen LogP contribution in [0.15, 0.2) is 60.8 Å². The summed E-state index contributed by atoms with van der Waals surface area (Å²) in [6.45, 7) is 18.4. The fourth-order valence-electron chi connectivity index (χ4n) is 6.17. The number of carbonyl (C=O) groups excluding carboxylic acids is 1. The van der Waals surface area contributed by atoms with Gasteiger partial charge in [0.25, 0.3) is 0 Å². The standard InChI is InChI=1S/C26H25N2.C13H24O2.Ir/c1-25(2,3)14-16-10-18-7-9-28-24-20-12-17-6-8-27-15-19(17)13-21(20)26(4,5)22(11-16)23(18)24;1-5-10(6-2)12(14)9-13(15)11(7-3)8-4;/h6-11,13,15H,14H2,1-5H3;9-11,14H,5-8H2,1-4H3;/q-1;;/b;12-9-;/i14D2;;. The first kappa shape index (κ1) is 32.5. The summed E-state index contributed by atoms with van der Waals surface area (Å²) in [4.78, 5) is 20.7. The maximum absolute atomic E-state index is 11.7. The molecule has 5 heteroatoms. The third-order valence-corrected chi connectivity index (χ3v) is 8.73. The van der Waals surface area contributed by atoms with Crippen molar-refractivity contribution in [2.45, 2.75) is 99.8 Å². The predicted molar refractivity (Wildman–Crippen MR) is 180 cm³/mol. The molecule has 1 aliphatic rings. The van der Waals surface area contributed by atoms with Crippen LogP contribution in [-0.4, -0.2) is 20.9 Å². The van der Waals surface area contributed by atoms with Crippen LogP contribution in [0, 0.1) is 23.3 Å². The molecule has 0 fully saturated rings. The van der Waals surface area contributed by atoms with Gasteiger partial charge in [0.2, 0.25) is 0 Å². The second kappa shape index (κ2) is 14.5. The average molecular weight is 772 g/mol. The minimum Gasteiger partial charge on any atom is -0.512 e. The van der Waals surface area contributed by atoms with Crippen LogP contribution in [0.1, 0.15) is 107 Å². The number of aliphatic hydroxyl groups excluding tert-OH is 1. The summed E-state index contributed by atoms with van der Waals surface area (Å²) in [6.07, 6.45) is 8.94. The number of carbonyl (C=O) groups is 1. The van der Waals surface area contributed by atoms with Gasteiger partial charge in [-0.3, -0.25) is 14.8 Å². The smallest absolute Gasteiger partial charge is 0.162 e. The van der Waals surface area contributed by atoms with Gasteiger partial charge in [-0.15, -0.1) is 23.6 Å². The van der Waals surface area contributed by atoms with Gasteiger partial charge in [0, 0.05) is 52.6 Å². The van der Waals surface area contributed by atoms with Crippen molar-refractivity contribution in [3.8, 4) is 11.3 Å². The van der Waals surface area contributed by atoms with Crippen LogP contribution >= 0.6 is 0 Å². The largest absolute Gasteiger partial charge is 0.512 e. The Morgan fingerprint density at radius 1 is 0.977 bits per heavy atom. The molecule has 1 radical (unpaired) electrons. The summed E-state index contributed by atoms with van der Waals surface area (Å²) in [6, 6.07) is 13.8. The van der Waals surface area contributed by atoms with Crippen molar-refractivity contribution in [2.24, 2.45) is 17.3 Å². The number of hydrogen-bond acceptors (Lipinski definition) is 4. The quantitative estimate of drug-likeness (QED) is 0.110. The number of fused-ring (bicyclic) bond motifs is 3. The minimum atomic E-state index is -1.46. The molecular weight excluding hydrogens is 721 g/mol. The van der Waals surface area contributed by atoms with E-state index in [2.05, 4.69) is 37.0 Å². The van der Waals surface area contributed by atoms with E-state index in [9.17, 15) is 9.90 Å². The average Bonchev–Trinajstić information content (AvgIpc) is 3.00. The van der Waals surface area contributed by atoms with Crippen LogP contribution in [0.5, 0.6) is 0 Å². The Bertz CT molecular complexity index is 1730. The van der Waals surface area contributed by atoms with E-state index in [1.54, 1.807) is 6.20 Å². The van der Waals surface area contributed by atoms with Crippen molar-refractivity contribution in [3.05, 3.63) is 83.5 Å². The molecule has 2 aromatic carbocycles. The maximum atomic E-state index is 11.7. The molecule has 0 saturated heterocycles. The second-order valence-corrected chi connectivity index (χ2v) is 13.3. The zero-order valence-electron chi connectivity index (χ0n) is 29.8. The molecule has 2 heterocycles. The van der Waals surface area contributed by atoms with Crippen LogP contribution in [0.3, 0.4) is 0 Å². The molecule has 0 atom stereocenters. The molecule has 2 aromatic heterocycles. The van der Waals surface area contributed by atoms with E-state index in [-0.39, 0.29) is 48.9 Å². The summed E-state index contributed by atoms with van der Waals surface area (Å²) in [5.74, 6) is 0.547. The van der Waals surface area contributed by atoms with Crippen molar-refractivity contribution in [2.75, 3.05) is 0 Å². The molecule has 0 bridgehead atoms. The van der Waals surface area contributed by atoms with Gasteiger partial charge in [-0.05, 0) is 83.2 Å².